The molecule has 1 unspecified atom stereocenters. The molecule has 1 aliphatic carbocycles. The number of carbonyl (C=O) groups is 3. The van der Waals surface area contributed by atoms with Gasteiger partial charge in [0.15, 0.2) is 0 Å². The monoisotopic (exact) mass is 500 g/mol. The van der Waals surface area contributed by atoms with Crippen LogP contribution in [0, 0.1) is 5.92 Å². The van der Waals surface area contributed by atoms with Gasteiger partial charge in [-0.25, -0.2) is 9.59 Å². The van der Waals surface area contributed by atoms with Gasteiger partial charge in [0.2, 0.25) is 0 Å². The van der Waals surface area contributed by atoms with Crippen LogP contribution in [-0.2, 0) is 20.9 Å². The van der Waals surface area contributed by atoms with Gasteiger partial charge in [0.25, 0.3) is 0 Å². The van der Waals surface area contributed by atoms with Crippen LogP contribution in [0.25, 0.3) is 11.1 Å². The van der Waals surface area contributed by atoms with E-state index in [-0.39, 0.29) is 45.3 Å². The van der Waals surface area contributed by atoms with E-state index < -0.39 is 24.1 Å². The second kappa shape index (κ2) is 10.7. The smallest absolute Gasteiger partial charge is 0.410 e. The number of hydrogen-bond donors (Lipinski definition) is 1. The molecular weight excluding hydrogens is 472 g/mol. The Morgan fingerprint density at radius 1 is 0.730 bits per heavy atom. The number of ether oxygens (including phenoxy) is 2. The molecule has 0 spiro atoms. The highest BCUT2D eigenvalue weighted by molar-refractivity contribution is 5.79. The maximum Gasteiger partial charge on any atom is 0.410 e. The van der Waals surface area contributed by atoms with Gasteiger partial charge in [-0.15, -0.1) is 0 Å². The molecule has 2 aliphatic rings. The number of benzene rings is 3. The van der Waals surface area contributed by atoms with Crippen LogP contribution in [0.4, 0.5) is 9.59 Å². The van der Waals surface area contributed by atoms with Gasteiger partial charge >= 0.3 is 18.2 Å². The first kappa shape index (κ1) is 24.4. The average Bonchev–Trinajstić information content (AvgIpc) is 3.07. The van der Waals surface area contributed by atoms with E-state index in [0.29, 0.717) is 0 Å². The molecule has 3 aromatic rings. The molecule has 0 radical (unpaired) electrons. The molecular formula is C29H28N2O6. The summed E-state index contributed by atoms with van der Waals surface area (Å²) in [6.07, 6.45) is -1.20. The van der Waals surface area contributed by atoms with Crippen LogP contribution in [-0.4, -0.2) is 65.8 Å². The summed E-state index contributed by atoms with van der Waals surface area (Å²) < 4.78 is 11.1. The van der Waals surface area contributed by atoms with Crippen molar-refractivity contribution in [3.8, 4) is 11.1 Å². The minimum Gasteiger partial charge on any atom is -0.481 e. The van der Waals surface area contributed by atoms with E-state index in [1.54, 1.807) is 0 Å². The molecule has 0 saturated carbocycles. The topological polar surface area (TPSA) is 96.4 Å². The number of rotatable bonds is 5. The molecule has 8 heteroatoms. The third-order valence-corrected chi connectivity index (χ3v) is 6.93. The first-order valence-electron chi connectivity index (χ1n) is 12.3. The summed E-state index contributed by atoms with van der Waals surface area (Å²) in [5, 5.41) is 9.73. The molecule has 5 rings (SSSR count). The van der Waals surface area contributed by atoms with Crippen molar-refractivity contribution in [3.63, 3.8) is 0 Å². The summed E-state index contributed by atoms with van der Waals surface area (Å²) >= 11 is 0. The molecule has 1 heterocycles. The fourth-order valence-corrected chi connectivity index (χ4v) is 5.00. The summed E-state index contributed by atoms with van der Waals surface area (Å²) in [5.74, 6) is -2.13. The lowest BCUT2D eigenvalue weighted by atomic mass is 9.98. The van der Waals surface area contributed by atoms with Crippen molar-refractivity contribution in [3.05, 3.63) is 95.6 Å². The van der Waals surface area contributed by atoms with E-state index in [0.717, 1.165) is 27.8 Å². The summed E-state index contributed by atoms with van der Waals surface area (Å²) in [7, 11) is 0. The summed E-state index contributed by atoms with van der Waals surface area (Å²) in [6.45, 7) is 0.445. The molecule has 3 aromatic carbocycles. The summed E-state index contributed by atoms with van der Waals surface area (Å²) in [6, 6.07) is 25.4. The maximum absolute atomic E-state index is 13.1. The van der Waals surface area contributed by atoms with Crippen LogP contribution in [0.1, 0.15) is 22.6 Å². The summed E-state index contributed by atoms with van der Waals surface area (Å²) in [5.41, 5.74) is 5.29. The van der Waals surface area contributed by atoms with Crippen molar-refractivity contribution in [1.29, 1.82) is 0 Å². The van der Waals surface area contributed by atoms with E-state index >= 15 is 0 Å². The van der Waals surface area contributed by atoms with Gasteiger partial charge in [0.05, 0.1) is 5.92 Å². The number of carbonyl (C=O) groups excluding carboxylic acids is 2. The van der Waals surface area contributed by atoms with Crippen molar-refractivity contribution < 1.29 is 29.0 Å². The SMILES string of the molecule is O=C(O)C1CN(C(=O)OCc2ccccc2)CCN(C(=O)OCC2c3ccccc3-c3ccccc32)C1. The molecule has 1 fully saturated rings. The average molecular weight is 501 g/mol. The Bertz CT molecular complexity index is 1250. The number of amides is 2. The quantitative estimate of drug-likeness (QED) is 0.551. The van der Waals surface area contributed by atoms with E-state index in [4.69, 9.17) is 9.47 Å². The van der Waals surface area contributed by atoms with Gasteiger partial charge in [-0.05, 0) is 27.8 Å². The number of nitrogens with zero attached hydrogens (tertiary/aromatic N) is 2. The molecule has 0 bridgehead atoms. The molecule has 190 valence electrons. The highest BCUT2D eigenvalue weighted by Gasteiger charge is 2.34. The Balaban J connectivity index is 1.23. The standard InChI is InChI=1S/C29H28N2O6/c32-27(33)21-16-30(28(34)36-18-20-8-2-1-3-9-20)14-15-31(17-21)29(35)37-19-26-24-12-6-4-10-22(24)23-11-5-7-13-25(23)26/h1-13,21,26H,14-19H2,(H,32,33). The van der Waals surface area contributed by atoms with Crippen LogP contribution in [0.15, 0.2) is 78.9 Å². The first-order chi connectivity index (χ1) is 18.0. The summed E-state index contributed by atoms with van der Waals surface area (Å²) in [4.78, 5) is 40.4. The van der Waals surface area contributed by atoms with Crippen LogP contribution < -0.4 is 0 Å². The molecule has 2 amide bonds. The Morgan fingerprint density at radius 3 is 1.81 bits per heavy atom. The van der Waals surface area contributed by atoms with Crippen LogP contribution in [0.5, 0.6) is 0 Å². The highest BCUT2D eigenvalue weighted by atomic mass is 16.6. The predicted octanol–water partition coefficient (Wildman–Crippen LogP) is 4.59. The van der Waals surface area contributed by atoms with Gasteiger partial charge in [-0.3, -0.25) is 4.79 Å². The van der Waals surface area contributed by atoms with Crippen LogP contribution >= 0.6 is 0 Å². The Labute approximate surface area is 215 Å². The lowest BCUT2D eigenvalue weighted by Gasteiger charge is -2.23. The number of aliphatic carboxylic acids is 1. The number of carboxylic acid groups (broad SMARTS) is 1. The van der Waals surface area contributed by atoms with Gasteiger partial charge in [0, 0.05) is 32.1 Å². The third kappa shape index (κ3) is 5.28. The van der Waals surface area contributed by atoms with Crippen molar-refractivity contribution in [1.82, 2.24) is 9.80 Å². The Kier molecular flexibility index (Phi) is 7.07. The minimum absolute atomic E-state index is 0.0455. The second-order valence-electron chi connectivity index (χ2n) is 9.27. The first-order valence-corrected chi connectivity index (χ1v) is 12.3. The van der Waals surface area contributed by atoms with E-state index in [2.05, 4.69) is 12.1 Å². The number of hydrogen-bond acceptors (Lipinski definition) is 5. The Hall–Kier alpha value is -4.33. The molecule has 37 heavy (non-hydrogen) atoms. The van der Waals surface area contributed by atoms with Crippen LogP contribution in [0.2, 0.25) is 0 Å². The molecule has 0 aromatic heterocycles. The zero-order valence-electron chi connectivity index (χ0n) is 20.3. The largest absolute Gasteiger partial charge is 0.481 e. The molecule has 8 nitrogen and oxygen atoms in total. The maximum atomic E-state index is 13.1. The molecule has 1 aliphatic heterocycles. The van der Waals surface area contributed by atoms with Crippen LogP contribution in [0.3, 0.4) is 0 Å². The Morgan fingerprint density at radius 2 is 1.24 bits per heavy atom. The van der Waals surface area contributed by atoms with E-state index in [9.17, 15) is 19.5 Å². The van der Waals surface area contributed by atoms with Gasteiger partial charge in [-0.2, -0.15) is 0 Å². The molecule has 1 saturated heterocycles. The van der Waals surface area contributed by atoms with E-state index in [1.807, 2.05) is 66.7 Å². The molecule has 1 atom stereocenters. The fraction of sp³-hybridized carbons (Fsp3) is 0.276. The highest BCUT2D eigenvalue weighted by Crippen LogP contribution is 2.44. The zero-order valence-corrected chi connectivity index (χ0v) is 20.3. The van der Waals surface area contributed by atoms with Crippen molar-refractivity contribution >= 4 is 18.2 Å². The number of fused-ring (bicyclic) bond motifs is 3. The van der Waals surface area contributed by atoms with Crippen molar-refractivity contribution in [2.45, 2.75) is 12.5 Å². The van der Waals surface area contributed by atoms with Gasteiger partial charge < -0.3 is 24.4 Å². The van der Waals surface area contributed by atoms with Crippen molar-refractivity contribution in [2.24, 2.45) is 5.92 Å². The third-order valence-electron chi connectivity index (χ3n) is 6.93. The minimum atomic E-state index is -1.08. The van der Waals surface area contributed by atoms with E-state index in [1.165, 1.54) is 9.80 Å². The van der Waals surface area contributed by atoms with Gasteiger partial charge in [0.1, 0.15) is 13.2 Å². The normalized spacial score (nSPS) is 16.9. The predicted molar refractivity (Wildman–Crippen MR) is 136 cm³/mol. The molecule has 1 N–H and O–H groups in total. The van der Waals surface area contributed by atoms with Crippen molar-refractivity contribution in [2.75, 3.05) is 32.8 Å². The fourth-order valence-electron chi connectivity index (χ4n) is 5.00. The van der Waals surface area contributed by atoms with Gasteiger partial charge in [-0.1, -0.05) is 78.9 Å². The lowest BCUT2D eigenvalue weighted by Crippen LogP contribution is -2.39. The second-order valence-corrected chi connectivity index (χ2v) is 9.27. The number of carboxylic acids is 1. The zero-order chi connectivity index (χ0) is 25.8. The lowest BCUT2D eigenvalue weighted by molar-refractivity contribution is -0.142.